The van der Waals surface area contributed by atoms with Crippen molar-refractivity contribution in [3.05, 3.63) is 46.1 Å². The molecule has 0 spiro atoms. The maximum absolute atomic E-state index is 12.6. The number of nitrogens with zero attached hydrogens (tertiary/aromatic N) is 1. The van der Waals surface area contributed by atoms with Crippen molar-refractivity contribution in [1.29, 1.82) is 0 Å². The molecule has 2 aromatic heterocycles. The van der Waals surface area contributed by atoms with Crippen LogP contribution in [0.1, 0.15) is 60.0 Å². The Morgan fingerprint density at radius 2 is 2.23 bits per heavy atom. The number of hydrogen-bond donors (Lipinski definition) is 2. The van der Waals surface area contributed by atoms with Gasteiger partial charge < -0.3 is 10.6 Å². The lowest BCUT2D eigenvalue weighted by atomic mass is 9.69. The lowest BCUT2D eigenvalue weighted by molar-refractivity contribution is 0.102. The standard InChI is InChI=1S/C21H29N3OS/c1-5-21(2,3)15-8-9-16-17(13-22-4)20(26-18(16)11-15)24-19(25)14-7-6-10-23-12-14/h6-7,10,12,15,22H,5,8-9,11,13H2,1-4H3,(H,24,25). The molecule has 1 aliphatic carbocycles. The average Bonchev–Trinajstić information content (AvgIpc) is 2.99. The highest BCUT2D eigenvalue weighted by atomic mass is 32.1. The molecule has 1 unspecified atom stereocenters. The Morgan fingerprint density at radius 3 is 2.88 bits per heavy atom. The Labute approximate surface area is 160 Å². The van der Waals surface area contributed by atoms with Gasteiger partial charge in [-0.1, -0.05) is 27.2 Å². The molecular weight excluding hydrogens is 342 g/mol. The van der Waals surface area contributed by atoms with Crippen LogP contribution in [0.15, 0.2) is 24.5 Å². The maximum atomic E-state index is 12.6. The van der Waals surface area contributed by atoms with E-state index in [0.717, 1.165) is 24.4 Å². The van der Waals surface area contributed by atoms with Crippen molar-refractivity contribution in [3.63, 3.8) is 0 Å². The smallest absolute Gasteiger partial charge is 0.257 e. The van der Waals surface area contributed by atoms with E-state index in [-0.39, 0.29) is 5.91 Å². The minimum atomic E-state index is -0.0838. The molecule has 0 aliphatic heterocycles. The van der Waals surface area contributed by atoms with E-state index in [1.807, 2.05) is 7.05 Å². The monoisotopic (exact) mass is 371 g/mol. The summed E-state index contributed by atoms with van der Waals surface area (Å²) in [5, 5.41) is 7.40. The van der Waals surface area contributed by atoms with Crippen molar-refractivity contribution in [2.75, 3.05) is 12.4 Å². The summed E-state index contributed by atoms with van der Waals surface area (Å²) in [6.45, 7) is 7.85. The summed E-state index contributed by atoms with van der Waals surface area (Å²) in [5.74, 6) is 0.627. The molecule has 2 heterocycles. The molecule has 2 aromatic rings. The number of fused-ring (bicyclic) bond motifs is 1. The number of carbonyl (C=O) groups is 1. The molecule has 0 radical (unpaired) electrons. The highest BCUT2D eigenvalue weighted by Crippen LogP contribution is 2.45. The fourth-order valence-electron chi connectivity index (χ4n) is 3.74. The zero-order valence-electron chi connectivity index (χ0n) is 16.2. The summed E-state index contributed by atoms with van der Waals surface area (Å²) in [5.41, 5.74) is 3.68. The van der Waals surface area contributed by atoms with E-state index in [0.29, 0.717) is 16.9 Å². The summed E-state index contributed by atoms with van der Waals surface area (Å²) in [6.07, 6.45) is 7.97. The van der Waals surface area contributed by atoms with Crippen molar-refractivity contribution in [1.82, 2.24) is 10.3 Å². The molecule has 1 amide bonds. The Bertz CT molecular complexity index is 767. The first-order valence-electron chi connectivity index (χ1n) is 9.45. The molecule has 3 rings (SSSR count). The van der Waals surface area contributed by atoms with Gasteiger partial charge in [0.25, 0.3) is 5.91 Å². The van der Waals surface area contributed by atoms with Gasteiger partial charge in [-0.3, -0.25) is 9.78 Å². The van der Waals surface area contributed by atoms with E-state index in [1.165, 1.54) is 28.8 Å². The van der Waals surface area contributed by atoms with Crippen LogP contribution in [-0.2, 0) is 19.4 Å². The third-order valence-electron chi connectivity index (χ3n) is 5.90. The first-order chi connectivity index (χ1) is 12.5. The predicted octanol–water partition coefficient (Wildman–Crippen LogP) is 4.66. The molecule has 1 atom stereocenters. The summed E-state index contributed by atoms with van der Waals surface area (Å²) in [6, 6.07) is 3.59. The summed E-state index contributed by atoms with van der Waals surface area (Å²) in [7, 11) is 1.96. The zero-order valence-corrected chi connectivity index (χ0v) is 17.0. The molecule has 5 heteroatoms. The van der Waals surface area contributed by atoms with Crippen molar-refractivity contribution >= 4 is 22.2 Å². The fourth-order valence-corrected chi connectivity index (χ4v) is 5.09. The molecular formula is C21H29N3OS. The Morgan fingerprint density at radius 1 is 1.42 bits per heavy atom. The van der Waals surface area contributed by atoms with Gasteiger partial charge in [-0.05, 0) is 55.3 Å². The molecule has 1 aliphatic rings. The number of hydrogen-bond acceptors (Lipinski definition) is 4. The second-order valence-electron chi connectivity index (χ2n) is 7.82. The third-order valence-corrected chi connectivity index (χ3v) is 7.11. The first kappa shape index (κ1) is 19.1. The average molecular weight is 372 g/mol. The van der Waals surface area contributed by atoms with Crippen LogP contribution in [-0.4, -0.2) is 17.9 Å². The van der Waals surface area contributed by atoms with Gasteiger partial charge >= 0.3 is 0 Å². The second kappa shape index (κ2) is 7.89. The van der Waals surface area contributed by atoms with Crippen LogP contribution < -0.4 is 10.6 Å². The highest BCUT2D eigenvalue weighted by molar-refractivity contribution is 7.16. The number of carbonyl (C=O) groups excluding carboxylic acids is 1. The van der Waals surface area contributed by atoms with Crippen molar-refractivity contribution < 1.29 is 4.79 Å². The van der Waals surface area contributed by atoms with Gasteiger partial charge in [0, 0.05) is 29.4 Å². The summed E-state index contributed by atoms with van der Waals surface area (Å²) < 4.78 is 0. The van der Waals surface area contributed by atoms with Gasteiger partial charge in [0.05, 0.1) is 5.56 Å². The summed E-state index contributed by atoms with van der Waals surface area (Å²) >= 11 is 1.76. The molecule has 0 aromatic carbocycles. The number of pyridine rings is 1. The maximum Gasteiger partial charge on any atom is 0.257 e. The first-order valence-corrected chi connectivity index (χ1v) is 10.3. The number of thiophene rings is 1. The minimum Gasteiger partial charge on any atom is -0.316 e. The molecule has 0 bridgehead atoms. The summed E-state index contributed by atoms with van der Waals surface area (Å²) in [4.78, 5) is 18.1. The van der Waals surface area contributed by atoms with Crippen LogP contribution in [0, 0.1) is 11.3 Å². The number of rotatable bonds is 6. The van der Waals surface area contributed by atoms with E-state index in [1.54, 1.807) is 35.9 Å². The van der Waals surface area contributed by atoms with E-state index < -0.39 is 0 Å². The molecule has 2 N–H and O–H groups in total. The largest absolute Gasteiger partial charge is 0.316 e. The van der Waals surface area contributed by atoms with E-state index in [2.05, 4.69) is 36.4 Å². The predicted molar refractivity (Wildman–Crippen MR) is 109 cm³/mol. The third kappa shape index (κ3) is 3.84. The van der Waals surface area contributed by atoms with Gasteiger partial charge in [0.2, 0.25) is 0 Å². The highest BCUT2D eigenvalue weighted by Gasteiger charge is 2.33. The Kier molecular flexibility index (Phi) is 5.78. The molecule has 140 valence electrons. The normalized spacial score (nSPS) is 17.0. The number of anilines is 1. The van der Waals surface area contributed by atoms with E-state index >= 15 is 0 Å². The van der Waals surface area contributed by atoms with E-state index in [9.17, 15) is 4.79 Å². The number of aromatic nitrogens is 1. The number of amides is 1. The van der Waals surface area contributed by atoms with Crippen molar-refractivity contribution in [2.45, 2.75) is 53.0 Å². The van der Waals surface area contributed by atoms with Crippen LogP contribution in [0.4, 0.5) is 5.00 Å². The number of nitrogens with one attached hydrogen (secondary N) is 2. The van der Waals surface area contributed by atoms with Crippen LogP contribution >= 0.6 is 11.3 Å². The second-order valence-corrected chi connectivity index (χ2v) is 8.92. The Hall–Kier alpha value is -1.72. The molecule has 26 heavy (non-hydrogen) atoms. The van der Waals surface area contributed by atoms with Crippen molar-refractivity contribution in [3.8, 4) is 0 Å². The molecule has 0 fully saturated rings. The van der Waals surface area contributed by atoms with Crippen LogP contribution in [0.2, 0.25) is 0 Å². The van der Waals surface area contributed by atoms with Gasteiger partial charge in [-0.2, -0.15) is 0 Å². The van der Waals surface area contributed by atoms with Crippen LogP contribution in [0.25, 0.3) is 0 Å². The zero-order chi connectivity index (χ0) is 18.7. The van der Waals surface area contributed by atoms with Gasteiger partial charge in [-0.25, -0.2) is 0 Å². The molecule has 0 saturated heterocycles. The van der Waals surface area contributed by atoms with Crippen LogP contribution in [0.5, 0.6) is 0 Å². The fraction of sp³-hybridized carbons (Fsp3) is 0.524. The Balaban J connectivity index is 1.87. The lowest BCUT2D eigenvalue weighted by Gasteiger charge is -2.36. The molecule has 0 saturated carbocycles. The van der Waals surface area contributed by atoms with Gasteiger partial charge in [0.15, 0.2) is 0 Å². The van der Waals surface area contributed by atoms with E-state index in [4.69, 9.17) is 0 Å². The van der Waals surface area contributed by atoms with Gasteiger partial charge in [0.1, 0.15) is 5.00 Å². The minimum absolute atomic E-state index is 0.0838. The SMILES string of the molecule is CCC(C)(C)C1CCc2c(sc(NC(=O)c3cccnc3)c2CNC)C1. The molecule has 4 nitrogen and oxygen atoms in total. The van der Waals surface area contributed by atoms with Gasteiger partial charge in [-0.15, -0.1) is 11.3 Å². The quantitative estimate of drug-likeness (QED) is 0.777. The lowest BCUT2D eigenvalue weighted by Crippen LogP contribution is -2.28. The topological polar surface area (TPSA) is 54.0 Å². The van der Waals surface area contributed by atoms with Crippen LogP contribution in [0.3, 0.4) is 0 Å². The van der Waals surface area contributed by atoms with Crippen molar-refractivity contribution in [2.24, 2.45) is 11.3 Å².